The summed E-state index contributed by atoms with van der Waals surface area (Å²) in [6.07, 6.45) is -0.558. The maximum absolute atomic E-state index is 12.0. The topological polar surface area (TPSA) is 43.4 Å². The van der Waals surface area contributed by atoms with Gasteiger partial charge in [0.15, 0.2) is 6.29 Å². The van der Waals surface area contributed by atoms with Crippen molar-refractivity contribution in [3.63, 3.8) is 0 Å². The summed E-state index contributed by atoms with van der Waals surface area (Å²) in [6.45, 7) is 0. The Hall–Kier alpha value is -2.13. The molecule has 3 nitrogen and oxygen atoms in total. The molecule has 104 valence electrons. The highest BCUT2D eigenvalue weighted by molar-refractivity contribution is 14.1. The summed E-state index contributed by atoms with van der Waals surface area (Å²) in [4.78, 5) is 23.0. The standard InChI is InChI=1S/C17H11IO3/c18-16-9-5-4-8-15(16)17(20)21-14(12-19)11-10-13-6-2-1-3-7-13/h1-9,12,14H. The molecule has 2 aromatic rings. The number of ether oxygens (including phenoxy) is 1. The van der Waals surface area contributed by atoms with Crippen molar-refractivity contribution in [2.75, 3.05) is 0 Å². The molecule has 4 heteroatoms. The lowest BCUT2D eigenvalue weighted by atomic mass is 10.2. The molecule has 2 aromatic carbocycles. The number of hydrogen-bond donors (Lipinski definition) is 0. The summed E-state index contributed by atoms with van der Waals surface area (Å²) in [5.41, 5.74) is 1.18. The molecular weight excluding hydrogens is 379 g/mol. The first-order valence-corrected chi connectivity index (χ1v) is 7.26. The van der Waals surface area contributed by atoms with Crippen LogP contribution in [-0.4, -0.2) is 18.4 Å². The number of benzene rings is 2. The highest BCUT2D eigenvalue weighted by Gasteiger charge is 2.15. The third-order valence-corrected chi connectivity index (χ3v) is 3.52. The average molecular weight is 390 g/mol. The van der Waals surface area contributed by atoms with E-state index in [2.05, 4.69) is 11.8 Å². The van der Waals surface area contributed by atoms with Gasteiger partial charge in [-0.05, 0) is 52.8 Å². The van der Waals surface area contributed by atoms with Crippen molar-refractivity contribution in [3.8, 4) is 11.8 Å². The number of halogens is 1. The van der Waals surface area contributed by atoms with Crippen LogP contribution >= 0.6 is 22.6 Å². The van der Waals surface area contributed by atoms with Crippen LogP contribution in [-0.2, 0) is 9.53 Å². The average Bonchev–Trinajstić information content (AvgIpc) is 2.52. The lowest BCUT2D eigenvalue weighted by Gasteiger charge is -2.07. The summed E-state index contributed by atoms with van der Waals surface area (Å²) in [5.74, 6) is 4.89. The second-order valence-electron chi connectivity index (χ2n) is 4.08. The van der Waals surface area contributed by atoms with Crippen LogP contribution in [0.5, 0.6) is 0 Å². The van der Waals surface area contributed by atoms with E-state index in [-0.39, 0.29) is 0 Å². The van der Waals surface area contributed by atoms with Crippen LogP contribution < -0.4 is 0 Å². The Balaban J connectivity index is 2.10. The molecule has 0 aliphatic rings. The van der Waals surface area contributed by atoms with Crippen LogP contribution in [0.25, 0.3) is 0 Å². The maximum atomic E-state index is 12.0. The zero-order valence-electron chi connectivity index (χ0n) is 11.0. The molecule has 0 amide bonds. The Morgan fingerprint density at radius 2 is 1.76 bits per heavy atom. The summed E-state index contributed by atoms with van der Waals surface area (Å²) < 4.78 is 5.87. The molecule has 1 unspecified atom stereocenters. The molecule has 0 radical (unpaired) electrons. The SMILES string of the molecule is O=CC(C#Cc1ccccc1)OC(=O)c1ccccc1I. The van der Waals surface area contributed by atoms with E-state index in [4.69, 9.17) is 4.74 Å². The molecule has 1 atom stereocenters. The molecule has 0 aliphatic carbocycles. The van der Waals surface area contributed by atoms with Gasteiger partial charge in [-0.1, -0.05) is 36.3 Å². The first-order valence-electron chi connectivity index (χ1n) is 6.18. The lowest BCUT2D eigenvalue weighted by molar-refractivity contribution is -0.113. The number of esters is 1. The van der Waals surface area contributed by atoms with Gasteiger partial charge < -0.3 is 4.74 Å². The van der Waals surface area contributed by atoms with Gasteiger partial charge in [0.05, 0.1) is 5.56 Å². The van der Waals surface area contributed by atoms with Crippen LogP contribution in [0.4, 0.5) is 0 Å². The van der Waals surface area contributed by atoms with E-state index < -0.39 is 12.1 Å². The molecule has 0 spiro atoms. The first-order chi connectivity index (χ1) is 10.2. The second kappa shape index (κ2) is 7.60. The van der Waals surface area contributed by atoms with Gasteiger partial charge in [-0.15, -0.1) is 0 Å². The smallest absolute Gasteiger partial charge is 0.340 e. The van der Waals surface area contributed by atoms with Gasteiger partial charge >= 0.3 is 5.97 Å². The molecule has 0 bridgehead atoms. The van der Waals surface area contributed by atoms with E-state index >= 15 is 0 Å². The van der Waals surface area contributed by atoms with Crippen molar-refractivity contribution >= 4 is 34.8 Å². The van der Waals surface area contributed by atoms with Gasteiger partial charge in [0.25, 0.3) is 0 Å². The molecule has 0 saturated carbocycles. The zero-order chi connectivity index (χ0) is 15.1. The molecule has 21 heavy (non-hydrogen) atoms. The van der Waals surface area contributed by atoms with E-state index in [9.17, 15) is 9.59 Å². The maximum Gasteiger partial charge on any atom is 0.340 e. The highest BCUT2D eigenvalue weighted by Crippen LogP contribution is 2.13. The van der Waals surface area contributed by atoms with Gasteiger partial charge in [0, 0.05) is 9.13 Å². The molecule has 2 rings (SSSR count). The third-order valence-electron chi connectivity index (χ3n) is 2.58. The minimum atomic E-state index is -1.08. The van der Waals surface area contributed by atoms with Gasteiger partial charge in [-0.25, -0.2) is 4.79 Å². The quantitative estimate of drug-likeness (QED) is 0.350. The monoisotopic (exact) mass is 390 g/mol. The molecule has 0 heterocycles. The van der Waals surface area contributed by atoms with Crippen LogP contribution in [0.3, 0.4) is 0 Å². The van der Waals surface area contributed by atoms with Crippen molar-refractivity contribution in [3.05, 3.63) is 69.3 Å². The number of hydrogen-bond acceptors (Lipinski definition) is 3. The van der Waals surface area contributed by atoms with Crippen molar-refractivity contribution in [1.29, 1.82) is 0 Å². The van der Waals surface area contributed by atoms with E-state index in [1.54, 1.807) is 18.2 Å². The predicted molar refractivity (Wildman–Crippen MR) is 87.7 cm³/mol. The summed E-state index contributed by atoms with van der Waals surface area (Å²) in [5, 5.41) is 0. The Bertz CT molecular complexity index is 699. The summed E-state index contributed by atoms with van der Waals surface area (Å²) >= 11 is 2.04. The fourth-order valence-electron chi connectivity index (χ4n) is 1.57. The lowest BCUT2D eigenvalue weighted by Crippen LogP contribution is -2.18. The normalized spacial score (nSPS) is 10.9. The Morgan fingerprint density at radius 1 is 1.10 bits per heavy atom. The fourth-order valence-corrected chi connectivity index (χ4v) is 2.18. The minimum Gasteiger partial charge on any atom is -0.438 e. The van der Waals surface area contributed by atoms with Crippen LogP contribution in [0, 0.1) is 15.4 Å². The molecule has 0 aliphatic heterocycles. The number of aldehydes is 1. The molecule has 0 fully saturated rings. The number of carbonyl (C=O) groups excluding carboxylic acids is 2. The van der Waals surface area contributed by atoms with Gasteiger partial charge in [-0.3, -0.25) is 4.79 Å². The minimum absolute atomic E-state index is 0.423. The van der Waals surface area contributed by atoms with Crippen molar-refractivity contribution in [2.45, 2.75) is 6.10 Å². The molecule has 0 saturated heterocycles. The van der Waals surface area contributed by atoms with Crippen molar-refractivity contribution in [1.82, 2.24) is 0 Å². The fraction of sp³-hybridized carbons (Fsp3) is 0.0588. The number of rotatable bonds is 3. The molecule has 0 aromatic heterocycles. The van der Waals surface area contributed by atoms with Gasteiger partial charge in [0.1, 0.15) is 0 Å². The Labute approximate surface area is 136 Å². The van der Waals surface area contributed by atoms with Crippen molar-refractivity contribution < 1.29 is 14.3 Å². The van der Waals surface area contributed by atoms with Crippen LogP contribution in [0.2, 0.25) is 0 Å². The first kappa shape index (κ1) is 15.3. The van der Waals surface area contributed by atoms with Gasteiger partial charge in [0.2, 0.25) is 6.10 Å². The van der Waals surface area contributed by atoms with E-state index in [1.165, 1.54) is 0 Å². The zero-order valence-corrected chi connectivity index (χ0v) is 13.1. The largest absolute Gasteiger partial charge is 0.438 e. The Kier molecular flexibility index (Phi) is 5.52. The third kappa shape index (κ3) is 4.43. The van der Waals surface area contributed by atoms with E-state index in [0.29, 0.717) is 11.8 Å². The molecular formula is C17H11IO3. The summed E-state index contributed by atoms with van der Waals surface area (Å²) in [6, 6.07) is 16.2. The van der Waals surface area contributed by atoms with Crippen LogP contribution in [0.1, 0.15) is 15.9 Å². The summed E-state index contributed by atoms with van der Waals surface area (Å²) in [7, 11) is 0. The van der Waals surface area contributed by atoms with E-state index in [0.717, 1.165) is 9.13 Å². The number of carbonyl (C=O) groups is 2. The van der Waals surface area contributed by atoms with Crippen molar-refractivity contribution in [2.24, 2.45) is 0 Å². The second-order valence-corrected chi connectivity index (χ2v) is 5.24. The molecule has 0 N–H and O–H groups in total. The van der Waals surface area contributed by atoms with Gasteiger partial charge in [-0.2, -0.15) is 0 Å². The Morgan fingerprint density at radius 3 is 2.43 bits per heavy atom. The van der Waals surface area contributed by atoms with Crippen LogP contribution in [0.15, 0.2) is 54.6 Å². The van der Waals surface area contributed by atoms with E-state index in [1.807, 2.05) is 59.0 Å². The predicted octanol–water partition coefficient (Wildman–Crippen LogP) is 3.07. The highest BCUT2D eigenvalue weighted by atomic mass is 127.